The van der Waals surface area contributed by atoms with Gasteiger partial charge in [0.05, 0.1) is 26.9 Å². The molecule has 1 aliphatic heterocycles. The minimum Gasteiger partial charge on any atom is -0.790 e. The predicted molar refractivity (Wildman–Crippen MR) is 73.8 cm³/mol. The number of phosphoric ester groups is 1. The van der Waals surface area contributed by atoms with E-state index < -0.39 is 39.0 Å². The molecule has 132 valence electrons. The Balaban J connectivity index is 1.77. The molecule has 2 aromatic heterocycles. The molecule has 3 rings (SSSR count). The van der Waals surface area contributed by atoms with Crippen LogP contribution in [-0.4, -0.2) is 54.7 Å². The lowest BCUT2D eigenvalue weighted by atomic mass is 10.1. The number of nitrogen functional groups attached to an aromatic ring is 1. The van der Waals surface area contributed by atoms with Gasteiger partial charge in [0.15, 0.2) is 17.7 Å². The molecule has 4 atom stereocenters. The van der Waals surface area contributed by atoms with Crippen molar-refractivity contribution in [1.82, 2.24) is 19.5 Å². The van der Waals surface area contributed by atoms with Crippen LogP contribution in [0.3, 0.4) is 0 Å². The Hall–Kier alpha value is -1.66. The fourth-order valence-electron chi connectivity index (χ4n) is 2.53. The van der Waals surface area contributed by atoms with Crippen LogP contribution in [0.25, 0.3) is 11.2 Å². The molecule has 4 N–H and O–H groups in total. The molecule has 13 heteroatoms. The second-order valence-electron chi connectivity index (χ2n) is 5.20. The molecule has 4 unspecified atom stereocenters. The van der Waals surface area contributed by atoms with Crippen molar-refractivity contribution in [3.63, 3.8) is 0 Å². The number of aliphatic hydroxyl groups excluding tert-OH is 2. The number of nitrogens with zero attached hydrogens (tertiary/aromatic N) is 4. The zero-order valence-corrected chi connectivity index (χ0v) is 13.0. The van der Waals surface area contributed by atoms with Crippen LogP contribution >= 0.6 is 7.82 Å². The number of aromatic nitrogens is 4. The summed E-state index contributed by atoms with van der Waals surface area (Å²) in [5, 5.41) is 20.2. The van der Waals surface area contributed by atoms with Crippen molar-refractivity contribution in [2.24, 2.45) is 0 Å². The fourth-order valence-corrected chi connectivity index (χ4v) is 2.86. The number of hydrogen-bond acceptors (Lipinski definition) is 11. The highest BCUT2D eigenvalue weighted by Crippen LogP contribution is 2.34. The first-order chi connectivity index (χ1) is 11.3. The van der Waals surface area contributed by atoms with E-state index in [-0.39, 0.29) is 12.2 Å². The van der Waals surface area contributed by atoms with Crippen LogP contribution in [0.2, 0.25) is 0 Å². The highest BCUT2D eigenvalue weighted by molar-refractivity contribution is 7.43. The first-order valence-electron chi connectivity index (χ1n) is 6.89. The first-order valence-corrected chi connectivity index (χ1v) is 8.35. The van der Waals surface area contributed by atoms with Crippen LogP contribution in [0.4, 0.5) is 5.82 Å². The first kappa shape index (κ1) is 17.2. The van der Waals surface area contributed by atoms with Gasteiger partial charge in [-0.2, -0.15) is 0 Å². The molecule has 0 amide bonds. The van der Waals surface area contributed by atoms with Crippen LogP contribution in [-0.2, 0) is 13.8 Å². The van der Waals surface area contributed by atoms with Gasteiger partial charge in [-0.1, -0.05) is 0 Å². The number of anilines is 1. The molecule has 24 heavy (non-hydrogen) atoms. The topological polar surface area (TPSA) is 192 Å². The largest absolute Gasteiger partial charge is 0.790 e. The summed E-state index contributed by atoms with van der Waals surface area (Å²) in [5.74, 6) is 0.151. The standard InChI is InChI=1S/C11H16N5O7P/c12-9-6-10(14-3-13-9)16(4-15-6)11-8(18)7(17)5(23-11)1-2-22-24(19,20)21/h3-5,7-8,11,17-18H,1-2H2,(H2,12,13,14)(H2,19,20,21)/p-2. The quantitative estimate of drug-likeness (QED) is 0.469. The van der Waals surface area contributed by atoms with Gasteiger partial charge >= 0.3 is 0 Å². The molecule has 0 aliphatic carbocycles. The molecule has 2 aromatic rings. The third-order valence-electron chi connectivity index (χ3n) is 3.65. The smallest absolute Gasteiger partial charge is 0.167 e. The Kier molecular flexibility index (Phi) is 4.53. The van der Waals surface area contributed by atoms with Crippen molar-refractivity contribution < 1.29 is 33.8 Å². The highest BCUT2D eigenvalue weighted by Gasteiger charge is 2.44. The molecule has 1 saturated heterocycles. The molecule has 0 aromatic carbocycles. The van der Waals surface area contributed by atoms with Crippen molar-refractivity contribution in [3.8, 4) is 0 Å². The van der Waals surface area contributed by atoms with Gasteiger partial charge in [0.2, 0.25) is 0 Å². The zero-order chi connectivity index (χ0) is 17.5. The molecule has 0 saturated carbocycles. The summed E-state index contributed by atoms with van der Waals surface area (Å²) >= 11 is 0. The number of ether oxygens (including phenoxy) is 1. The van der Waals surface area contributed by atoms with Crippen molar-refractivity contribution in [2.75, 3.05) is 12.3 Å². The lowest BCUT2D eigenvalue weighted by Crippen LogP contribution is -2.32. The SMILES string of the molecule is Nc1ncnc2c1ncn2C1OC(CCOP(=O)([O-])[O-])C(O)C1O. The maximum atomic E-state index is 10.4. The van der Waals surface area contributed by atoms with Crippen molar-refractivity contribution in [3.05, 3.63) is 12.7 Å². The molecular formula is C11H14N5O7P-2. The third kappa shape index (κ3) is 3.26. The number of nitrogens with two attached hydrogens (primary N) is 1. The summed E-state index contributed by atoms with van der Waals surface area (Å²) in [5.41, 5.74) is 6.30. The Labute approximate surface area is 135 Å². The van der Waals surface area contributed by atoms with Crippen LogP contribution < -0.4 is 15.5 Å². The minimum absolute atomic E-state index is 0.104. The third-order valence-corrected chi connectivity index (χ3v) is 4.15. The lowest BCUT2D eigenvalue weighted by molar-refractivity contribution is -0.341. The number of imidazole rings is 1. The summed E-state index contributed by atoms with van der Waals surface area (Å²) in [4.78, 5) is 32.7. The number of hydrogen-bond donors (Lipinski definition) is 3. The van der Waals surface area contributed by atoms with Crippen LogP contribution in [0, 0.1) is 0 Å². The van der Waals surface area contributed by atoms with Gasteiger partial charge in [0.25, 0.3) is 0 Å². The number of aliphatic hydroxyl groups is 2. The molecule has 1 aliphatic rings. The zero-order valence-electron chi connectivity index (χ0n) is 12.1. The Bertz CT molecular complexity index is 779. The van der Waals surface area contributed by atoms with Gasteiger partial charge in [0, 0.05) is 6.42 Å². The van der Waals surface area contributed by atoms with E-state index in [1.165, 1.54) is 17.2 Å². The summed E-state index contributed by atoms with van der Waals surface area (Å²) in [7, 11) is -5.10. The Morgan fingerprint density at radius 3 is 2.79 bits per heavy atom. The summed E-state index contributed by atoms with van der Waals surface area (Å²) < 4.78 is 21.5. The normalized spacial score (nSPS) is 27.8. The van der Waals surface area contributed by atoms with E-state index >= 15 is 0 Å². The Morgan fingerprint density at radius 2 is 2.08 bits per heavy atom. The average molecular weight is 359 g/mol. The van der Waals surface area contributed by atoms with Crippen molar-refractivity contribution in [2.45, 2.75) is 31.0 Å². The number of phosphoric acid groups is 1. The Morgan fingerprint density at radius 1 is 1.33 bits per heavy atom. The van der Waals surface area contributed by atoms with Gasteiger partial charge < -0.3 is 39.6 Å². The van der Waals surface area contributed by atoms with Crippen LogP contribution in [0.15, 0.2) is 12.7 Å². The molecular weight excluding hydrogens is 345 g/mol. The van der Waals surface area contributed by atoms with Crippen molar-refractivity contribution >= 4 is 24.8 Å². The van der Waals surface area contributed by atoms with E-state index in [0.717, 1.165) is 0 Å². The van der Waals surface area contributed by atoms with Gasteiger partial charge in [-0.3, -0.25) is 4.57 Å². The van der Waals surface area contributed by atoms with Gasteiger partial charge in [0.1, 0.15) is 24.1 Å². The van der Waals surface area contributed by atoms with Gasteiger partial charge in [-0.15, -0.1) is 0 Å². The fraction of sp³-hybridized carbons (Fsp3) is 0.545. The van der Waals surface area contributed by atoms with E-state index in [1.54, 1.807) is 0 Å². The molecule has 0 bridgehead atoms. The summed E-state index contributed by atoms with van der Waals surface area (Å²) in [6, 6.07) is 0. The van der Waals surface area contributed by atoms with E-state index in [2.05, 4.69) is 19.5 Å². The summed E-state index contributed by atoms with van der Waals surface area (Å²) in [6.45, 7) is -0.467. The van der Waals surface area contributed by atoms with Gasteiger partial charge in [-0.25, -0.2) is 15.0 Å². The molecule has 0 spiro atoms. The van der Waals surface area contributed by atoms with E-state index in [0.29, 0.717) is 11.2 Å². The lowest BCUT2D eigenvalue weighted by Gasteiger charge is -2.29. The maximum Gasteiger partial charge on any atom is 0.167 e. The monoisotopic (exact) mass is 359 g/mol. The molecule has 3 heterocycles. The number of fused-ring (bicyclic) bond motifs is 1. The van der Waals surface area contributed by atoms with Gasteiger partial charge in [-0.05, 0) is 0 Å². The average Bonchev–Trinajstić information content (AvgIpc) is 3.03. The number of rotatable bonds is 5. The highest BCUT2D eigenvalue weighted by atomic mass is 31.2. The van der Waals surface area contributed by atoms with E-state index in [4.69, 9.17) is 10.5 Å². The molecule has 0 radical (unpaired) electrons. The predicted octanol–water partition coefficient (Wildman–Crippen LogP) is -2.74. The van der Waals surface area contributed by atoms with Crippen molar-refractivity contribution in [1.29, 1.82) is 0 Å². The second-order valence-corrected chi connectivity index (χ2v) is 6.35. The van der Waals surface area contributed by atoms with Crippen LogP contribution in [0.1, 0.15) is 12.6 Å². The van der Waals surface area contributed by atoms with E-state index in [9.17, 15) is 24.6 Å². The summed E-state index contributed by atoms with van der Waals surface area (Å²) in [6.07, 6.45) is -2.14. The van der Waals surface area contributed by atoms with E-state index in [1.807, 2.05) is 0 Å². The molecule has 1 fully saturated rings. The second kappa shape index (κ2) is 6.33. The molecule has 12 nitrogen and oxygen atoms in total. The maximum absolute atomic E-state index is 10.4. The minimum atomic E-state index is -5.10. The van der Waals surface area contributed by atoms with Crippen LogP contribution in [0.5, 0.6) is 0 Å².